The Hall–Kier alpha value is 0. The first-order valence-electron chi connectivity index (χ1n) is 9.54. The highest BCUT2D eigenvalue weighted by Gasteiger charge is 2.22. The molecule has 0 saturated carbocycles. The van der Waals surface area contributed by atoms with Crippen LogP contribution in [0.3, 0.4) is 0 Å². The molecule has 0 N–H and O–H groups in total. The lowest BCUT2D eigenvalue weighted by Crippen LogP contribution is -2.20. The van der Waals surface area contributed by atoms with Crippen LogP contribution in [-0.2, 0) is 0 Å². The maximum atomic E-state index is 2.44. The van der Waals surface area contributed by atoms with Crippen molar-refractivity contribution >= 4 is 0 Å². The van der Waals surface area contributed by atoms with Crippen LogP contribution in [0.4, 0.5) is 0 Å². The zero-order valence-electron chi connectivity index (χ0n) is 15.3. The summed E-state index contributed by atoms with van der Waals surface area (Å²) in [6, 6.07) is 0. The second kappa shape index (κ2) is 12.7. The van der Waals surface area contributed by atoms with Gasteiger partial charge in [0.15, 0.2) is 0 Å². The van der Waals surface area contributed by atoms with Gasteiger partial charge in [-0.2, -0.15) is 0 Å². The summed E-state index contributed by atoms with van der Waals surface area (Å²) in [5.41, 5.74) is 0.540. The average Bonchev–Trinajstić information content (AvgIpc) is 2.44. The van der Waals surface area contributed by atoms with E-state index in [2.05, 4.69) is 34.6 Å². The Morgan fingerprint density at radius 3 is 1.45 bits per heavy atom. The first-order chi connectivity index (χ1) is 9.54. The number of hydrogen-bond donors (Lipinski definition) is 0. The van der Waals surface area contributed by atoms with Crippen molar-refractivity contribution in [3.8, 4) is 0 Å². The molecule has 0 nitrogen and oxygen atoms in total. The van der Waals surface area contributed by atoms with E-state index in [9.17, 15) is 0 Å². The molecule has 0 saturated heterocycles. The number of rotatable bonds is 14. The Morgan fingerprint density at radius 1 is 0.650 bits per heavy atom. The first kappa shape index (κ1) is 20.0. The molecule has 0 aromatic carbocycles. The molecule has 0 aliphatic heterocycles. The van der Waals surface area contributed by atoms with Gasteiger partial charge in [0.2, 0.25) is 0 Å². The van der Waals surface area contributed by atoms with Crippen molar-refractivity contribution in [1.82, 2.24) is 0 Å². The normalized spacial score (nSPS) is 13.7. The van der Waals surface area contributed by atoms with Crippen molar-refractivity contribution in [1.29, 1.82) is 0 Å². The summed E-state index contributed by atoms with van der Waals surface area (Å²) >= 11 is 0. The molecule has 0 aromatic rings. The van der Waals surface area contributed by atoms with Crippen molar-refractivity contribution in [3.63, 3.8) is 0 Å². The van der Waals surface area contributed by atoms with Crippen LogP contribution in [0.2, 0.25) is 0 Å². The monoisotopic (exact) mass is 282 g/mol. The molecule has 0 heteroatoms. The molecule has 122 valence electrons. The molecule has 0 spiro atoms. The summed E-state index contributed by atoms with van der Waals surface area (Å²) in [6.07, 6.45) is 18.7. The van der Waals surface area contributed by atoms with Gasteiger partial charge >= 0.3 is 0 Å². The number of unbranched alkanes of at least 4 members (excludes halogenated alkanes) is 10. The predicted molar refractivity (Wildman–Crippen MR) is 94.3 cm³/mol. The van der Waals surface area contributed by atoms with E-state index in [4.69, 9.17) is 0 Å². The molecule has 1 unspecified atom stereocenters. The molecule has 0 rings (SSSR count). The largest absolute Gasteiger partial charge is 0.0654 e. The minimum absolute atomic E-state index is 0.540. The van der Waals surface area contributed by atoms with Crippen LogP contribution in [0.5, 0.6) is 0 Å². The van der Waals surface area contributed by atoms with Crippen LogP contribution in [-0.4, -0.2) is 0 Å². The zero-order chi connectivity index (χ0) is 15.3. The van der Waals surface area contributed by atoms with Crippen molar-refractivity contribution < 1.29 is 0 Å². The van der Waals surface area contributed by atoms with Crippen molar-refractivity contribution in [2.45, 2.75) is 118 Å². The van der Waals surface area contributed by atoms with Gasteiger partial charge in [-0.15, -0.1) is 0 Å². The minimum atomic E-state index is 0.540. The molecule has 0 aliphatic rings. The van der Waals surface area contributed by atoms with Crippen molar-refractivity contribution in [2.24, 2.45) is 11.3 Å². The van der Waals surface area contributed by atoms with E-state index in [1.54, 1.807) is 0 Å². The maximum Gasteiger partial charge on any atom is -0.0331 e. The third-order valence-electron chi connectivity index (χ3n) is 5.49. The molecule has 0 radical (unpaired) electrons. The molecule has 0 aliphatic carbocycles. The molecule has 0 heterocycles. The second-order valence-electron chi connectivity index (χ2n) is 7.57. The Morgan fingerprint density at radius 2 is 1.05 bits per heavy atom. The molecule has 1 atom stereocenters. The van der Waals surface area contributed by atoms with Gasteiger partial charge in [0.1, 0.15) is 0 Å². The fourth-order valence-electron chi connectivity index (χ4n) is 2.85. The molecule has 0 amide bonds. The summed E-state index contributed by atoms with van der Waals surface area (Å²) in [4.78, 5) is 0. The SMILES string of the molecule is CCCCCCCCCCCCCC(C)C(C)(C)CC. The third-order valence-corrected chi connectivity index (χ3v) is 5.49. The highest BCUT2D eigenvalue weighted by atomic mass is 14.3. The van der Waals surface area contributed by atoms with Crippen LogP contribution in [0.15, 0.2) is 0 Å². The fraction of sp³-hybridized carbons (Fsp3) is 1.00. The van der Waals surface area contributed by atoms with E-state index in [0.717, 1.165) is 5.92 Å². The summed E-state index contributed by atoms with van der Waals surface area (Å²) in [5.74, 6) is 0.881. The molecular formula is C20H42. The van der Waals surface area contributed by atoms with E-state index in [1.165, 1.54) is 83.5 Å². The van der Waals surface area contributed by atoms with Gasteiger partial charge in [0, 0.05) is 0 Å². The van der Waals surface area contributed by atoms with E-state index in [-0.39, 0.29) is 0 Å². The molecule has 0 fully saturated rings. The molecule has 0 bridgehead atoms. The van der Waals surface area contributed by atoms with Crippen LogP contribution >= 0.6 is 0 Å². The fourth-order valence-corrected chi connectivity index (χ4v) is 2.85. The zero-order valence-corrected chi connectivity index (χ0v) is 15.3. The highest BCUT2D eigenvalue weighted by Crippen LogP contribution is 2.33. The Labute approximate surface area is 130 Å². The lowest BCUT2D eigenvalue weighted by atomic mass is 9.75. The summed E-state index contributed by atoms with van der Waals surface area (Å²) in [5, 5.41) is 0. The van der Waals surface area contributed by atoms with E-state index >= 15 is 0 Å². The predicted octanol–water partition coefficient (Wildman–Crippen LogP) is 7.76. The van der Waals surface area contributed by atoms with Crippen LogP contribution in [0.1, 0.15) is 118 Å². The molecule has 0 aromatic heterocycles. The molecule has 20 heavy (non-hydrogen) atoms. The van der Waals surface area contributed by atoms with Crippen LogP contribution < -0.4 is 0 Å². The average molecular weight is 283 g/mol. The van der Waals surface area contributed by atoms with E-state index < -0.39 is 0 Å². The first-order valence-corrected chi connectivity index (χ1v) is 9.54. The maximum absolute atomic E-state index is 2.44. The third kappa shape index (κ3) is 10.7. The van der Waals surface area contributed by atoms with Crippen molar-refractivity contribution in [2.75, 3.05) is 0 Å². The van der Waals surface area contributed by atoms with Crippen molar-refractivity contribution in [3.05, 3.63) is 0 Å². The van der Waals surface area contributed by atoms with Gasteiger partial charge in [0.25, 0.3) is 0 Å². The topological polar surface area (TPSA) is 0 Å². The van der Waals surface area contributed by atoms with Gasteiger partial charge in [-0.25, -0.2) is 0 Å². The van der Waals surface area contributed by atoms with Gasteiger partial charge in [0.05, 0.1) is 0 Å². The van der Waals surface area contributed by atoms with E-state index in [1.807, 2.05) is 0 Å². The smallest absolute Gasteiger partial charge is 0.0331 e. The number of hydrogen-bond acceptors (Lipinski definition) is 0. The molecular weight excluding hydrogens is 240 g/mol. The van der Waals surface area contributed by atoms with Gasteiger partial charge in [-0.3, -0.25) is 0 Å². The lowest BCUT2D eigenvalue weighted by Gasteiger charge is -2.30. The Balaban J connectivity index is 3.25. The van der Waals surface area contributed by atoms with E-state index in [0.29, 0.717) is 5.41 Å². The summed E-state index contributed by atoms with van der Waals surface area (Å²) < 4.78 is 0. The minimum Gasteiger partial charge on any atom is -0.0654 e. The van der Waals surface area contributed by atoms with Crippen LogP contribution in [0, 0.1) is 11.3 Å². The standard InChI is InChI=1S/C20H42/c1-6-8-9-10-11-12-13-14-15-16-17-18-19(3)20(4,5)7-2/h19H,6-18H2,1-5H3. The summed E-state index contributed by atoms with van der Waals surface area (Å²) in [7, 11) is 0. The Bertz CT molecular complexity index is 192. The Kier molecular flexibility index (Phi) is 12.7. The quantitative estimate of drug-likeness (QED) is 0.285. The highest BCUT2D eigenvalue weighted by molar-refractivity contribution is 4.73. The van der Waals surface area contributed by atoms with Crippen LogP contribution in [0.25, 0.3) is 0 Å². The lowest BCUT2D eigenvalue weighted by molar-refractivity contribution is 0.204. The van der Waals surface area contributed by atoms with Gasteiger partial charge in [-0.05, 0) is 11.3 Å². The van der Waals surface area contributed by atoms with Gasteiger partial charge < -0.3 is 0 Å². The summed E-state index contributed by atoms with van der Waals surface area (Å²) in [6.45, 7) is 11.9. The second-order valence-corrected chi connectivity index (χ2v) is 7.57. The van der Waals surface area contributed by atoms with Gasteiger partial charge in [-0.1, -0.05) is 118 Å².